The van der Waals surface area contributed by atoms with Crippen molar-refractivity contribution in [1.82, 2.24) is 5.32 Å². The fraction of sp³-hybridized carbons (Fsp3) is 0.467. The summed E-state index contributed by atoms with van der Waals surface area (Å²) in [5.74, 6) is -1.45. The molecule has 114 valence electrons. The van der Waals surface area contributed by atoms with Crippen molar-refractivity contribution in [1.29, 1.82) is 0 Å². The summed E-state index contributed by atoms with van der Waals surface area (Å²) in [4.78, 5) is 23.7. The summed E-state index contributed by atoms with van der Waals surface area (Å²) in [6.07, 6.45) is 2.25. The third kappa shape index (κ3) is 3.19. The second-order valence-corrected chi connectivity index (χ2v) is 5.76. The number of hydrogen-bond donors (Lipinski definition) is 3. The molecular formula is C15H18ClNO4. The molecule has 1 amide bonds. The summed E-state index contributed by atoms with van der Waals surface area (Å²) in [5, 5.41) is 21.1. The lowest BCUT2D eigenvalue weighted by atomic mass is 9.63. The Bertz CT molecular complexity index is 542. The average molecular weight is 312 g/mol. The third-order valence-corrected chi connectivity index (χ3v) is 4.28. The molecule has 1 aromatic rings. The molecule has 0 spiro atoms. The first-order valence-electron chi connectivity index (χ1n) is 6.90. The van der Waals surface area contributed by atoms with Gasteiger partial charge in [-0.2, -0.15) is 0 Å². The van der Waals surface area contributed by atoms with Crippen LogP contribution in [-0.2, 0) is 15.0 Å². The first-order valence-corrected chi connectivity index (χ1v) is 7.28. The van der Waals surface area contributed by atoms with Gasteiger partial charge in [0.05, 0.1) is 5.41 Å². The second-order valence-electron chi connectivity index (χ2n) is 5.32. The normalized spacial score (nSPS) is 17.6. The van der Waals surface area contributed by atoms with Crippen molar-refractivity contribution in [2.75, 3.05) is 6.61 Å². The molecule has 21 heavy (non-hydrogen) atoms. The first-order chi connectivity index (χ1) is 9.99. The van der Waals surface area contributed by atoms with E-state index >= 15 is 0 Å². The molecule has 5 nitrogen and oxygen atoms in total. The van der Waals surface area contributed by atoms with E-state index < -0.39 is 17.4 Å². The lowest BCUT2D eigenvalue weighted by molar-refractivity contribution is -0.144. The van der Waals surface area contributed by atoms with E-state index in [1.54, 1.807) is 18.2 Å². The van der Waals surface area contributed by atoms with Crippen LogP contribution in [0.1, 0.15) is 31.2 Å². The van der Waals surface area contributed by atoms with E-state index in [9.17, 15) is 9.59 Å². The molecule has 0 unspecified atom stereocenters. The van der Waals surface area contributed by atoms with Crippen LogP contribution in [0, 0.1) is 0 Å². The molecule has 1 fully saturated rings. The molecule has 0 radical (unpaired) electrons. The van der Waals surface area contributed by atoms with Crippen molar-refractivity contribution >= 4 is 23.5 Å². The SMILES string of the molecule is O=C(O)[C@H](CCO)NC(=O)C1(c2cccc(Cl)c2)CCC1. The first kappa shape index (κ1) is 15.8. The summed E-state index contributed by atoms with van der Waals surface area (Å²) < 4.78 is 0. The molecule has 1 aromatic carbocycles. The van der Waals surface area contributed by atoms with Gasteiger partial charge < -0.3 is 15.5 Å². The van der Waals surface area contributed by atoms with Gasteiger partial charge in [-0.05, 0) is 30.5 Å². The molecule has 1 aliphatic carbocycles. The van der Waals surface area contributed by atoms with Crippen molar-refractivity contribution in [3.63, 3.8) is 0 Å². The van der Waals surface area contributed by atoms with Crippen LogP contribution >= 0.6 is 11.6 Å². The van der Waals surface area contributed by atoms with Crippen LogP contribution in [0.2, 0.25) is 5.02 Å². The largest absolute Gasteiger partial charge is 0.480 e. The van der Waals surface area contributed by atoms with Gasteiger partial charge in [0, 0.05) is 18.1 Å². The standard InChI is InChI=1S/C15H18ClNO4/c16-11-4-1-3-10(9-11)15(6-2-7-15)14(21)17-12(5-8-18)13(19)20/h1,3-4,9,12,18H,2,5-8H2,(H,17,21)(H,19,20)/t12-/m0/s1. The molecule has 1 atom stereocenters. The van der Waals surface area contributed by atoms with Crippen molar-refractivity contribution in [2.24, 2.45) is 0 Å². The molecule has 0 heterocycles. The highest BCUT2D eigenvalue weighted by Crippen LogP contribution is 2.44. The minimum Gasteiger partial charge on any atom is -0.480 e. The molecule has 0 saturated heterocycles. The lowest BCUT2D eigenvalue weighted by Gasteiger charge is -2.41. The Labute approximate surface area is 127 Å². The van der Waals surface area contributed by atoms with Crippen LogP contribution in [0.4, 0.5) is 0 Å². The zero-order chi connectivity index (χ0) is 15.5. The van der Waals surface area contributed by atoms with E-state index in [1.807, 2.05) is 6.07 Å². The Morgan fingerprint density at radius 3 is 2.57 bits per heavy atom. The molecule has 1 saturated carbocycles. The van der Waals surface area contributed by atoms with Gasteiger partial charge in [0.25, 0.3) is 0 Å². The number of rotatable bonds is 6. The van der Waals surface area contributed by atoms with Gasteiger partial charge in [0.1, 0.15) is 6.04 Å². The molecule has 2 rings (SSSR count). The molecule has 6 heteroatoms. The summed E-state index contributed by atoms with van der Waals surface area (Å²) in [6, 6.07) is 6.04. The number of carbonyl (C=O) groups excluding carboxylic acids is 1. The highest BCUT2D eigenvalue weighted by atomic mass is 35.5. The van der Waals surface area contributed by atoms with Gasteiger partial charge in [-0.1, -0.05) is 30.2 Å². The van der Waals surface area contributed by atoms with Crippen molar-refractivity contribution in [3.8, 4) is 0 Å². The van der Waals surface area contributed by atoms with E-state index in [1.165, 1.54) is 0 Å². The number of carboxylic acids is 1. The summed E-state index contributed by atoms with van der Waals surface area (Å²) >= 11 is 5.98. The van der Waals surface area contributed by atoms with E-state index in [0.717, 1.165) is 12.0 Å². The number of aliphatic hydroxyl groups is 1. The molecule has 0 aromatic heterocycles. The topological polar surface area (TPSA) is 86.6 Å². The number of halogens is 1. The molecular weight excluding hydrogens is 294 g/mol. The number of aliphatic hydroxyl groups excluding tert-OH is 1. The van der Waals surface area contributed by atoms with Crippen molar-refractivity contribution in [2.45, 2.75) is 37.1 Å². The minimum atomic E-state index is -1.14. The Balaban J connectivity index is 2.20. The van der Waals surface area contributed by atoms with Gasteiger partial charge >= 0.3 is 5.97 Å². The molecule has 1 aliphatic rings. The summed E-state index contributed by atoms with van der Waals surface area (Å²) in [7, 11) is 0. The smallest absolute Gasteiger partial charge is 0.326 e. The Hall–Kier alpha value is -1.59. The number of benzene rings is 1. The highest BCUT2D eigenvalue weighted by Gasteiger charge is 2.46. The van der Waals surface area contributed by atoms with Gasteiger partial charge in [-0.15, -0.1) is 0 Å². The van der Waals surface area contributed by atoms with E-state index in [-0.39, 0.29) is 18.9 Å². The van der Waals surface area contributed by atoms with Gasteiger partial charge in [0.15, 0.2) is 0 Å². The number of nitrogens with one attached hydrogen (secondary N) is 1. The Kier molecular flexibility index (Phi) is 4.85. The maximum Gasteiger partial charge on any atom is 0.326 e. The maximum absolute atomic E-state index is 12.5. The summed E-state index contributed by atoms with van der Waals surface area (Å²) in [5.41, 5.74) is 0.112. The highest BCUT2D eigenvalue weighted by molar-refractivity contribution is 6.30. The van der Waals surface area contributed by atoms with E-state index in [4.69, 9.17) is 21.8 Å². The number of carboxylic acid groups (broad SMARTS) is 1. The van der Waals surface area contributed by atoms with Crippen LogP contribution in [0.25, 0.3) is 0 Å². The third-order valence-electron chi connectivity index (χ3n) is 4.04. The minimum absolute atomic E-state index is 0.00724. The van der Waals surface area contributed by atoms with Gasteiger partial charge in [-0.25, -0.2) is 4.79 Å². The molecule has 0 aliphatic heterocycles. The second kappa shape index (κ2) is 6.45. The monoisotopic (exact) mass is 311 g/mol. The average Bonchev–Trinajstić information content (AvgIpc) is 2.37. The fourth-order valence-electron chi connectivity index (χ4n) is 2.65. The number of amides is 1. The zero-order valence-corrected chi connectivity index (χ0v) is 12.3. The van der Waals surface area contributed by atoms with Crippen molar-refractivity contribution in [3.05, 3.63) is 34.9 Å². The van der Waals surface area contributed by atoms with E-state index in [0.29, 0.717) is 17.9 Å². The van der Waals surface area contributed by atoms with Crippen molar-refractivity contribution < 1.29 is 19.8 Å². The predicted octanol–water partition coefficient (Wildman–Crippen LogP) is 1.71. The lowest BCUT2D eigenvalue weighted by Crippen LogP contribution is -2.54. The van der Waals surface area contributed by atoms with E-state index in [2.05, 4.69) is 5.32 Å². The van der Waals surface area contributed by atoms with Crippen LogP contribution in [0.5, 0.6) is 0 Å². The van der Waals surface area contributed by atoms with Crippen LogP contribution in [-0.4, -0.2) is 34.7 Å². The van der Waals surface area contributed by atoms with Crippen LogP contribution < -0.4 is 5.32 Å². The Morgan fingerprint density at radius 2 is 2.10 bits per heavy atom. The quantitative estimate of drug-likeness (QED) is 0.746. The summed E-state index contributed by atoms with van der Waals surface area (Å²) in [6.45, 7) is -0.290. The fourth-order valence-corrected chi connectivity index (χ4v) is 2.84. The zero-order valence-electron chi connectivity index (χ0n) is 11.5. The molecule has 0 bridgehead atoms. The van der Waals surface area contributed by atoms with Gasteiger partial charge in [-0.3, -0.25) is 4.79 Å². The Morgan fingerprint density at radius 1 is 1.38 bits per heavy atom. The number of aliphatic carboxylic acids is 1. The van der Waals surface area contributed by atoms with Crippen LogP contribution in [0.15, 0.2) is 24.3 Å². The molecule has 3 N–H and O–H groups in total. The number of carbonyl (C=O) groups is 2. The maximum atomic E-state index is 12.5. The van der Waals surface area contributed by atoms with Crippen LogP contribution in [0.3, 0.4) is 0 Å². The van der Waals surface area contributed by atoms with Gasteiger partial charge in [0.2, 0.25) is 5.91 Å². The predicted molar refractivity (Wildman–Crippen MR) is 78.3 cm³/mol. The number of hydrogen-bond acceptors (Lipinski definition) is 3.